The predicted molar refractivity (Wildman–Crippen MR) is 90.0 cm³/mol. The van der Waals surface area contributed by atoms with Gasteiger partial charge in [-0.3, -0.25) is 4.79 Å². The number of amides is 1. The van der Waals surface area contributed by atoms with Crippen LogP contribution in [0.2, 0.25) is 5.15 Å². The van der Waals surface area contributed by atoms with Gasteiger partial charge in [-0.25, -0.2) is 4.98 Å². The standard InChI is InChI=1S/C16H14ClN5O/c1-8-5-10(7-18)15(17)22-14(8)16(23)21-11-3-4-13(20)12(6-11)9(2)19/h3-6,19H,20H2,1-2H3,(H,21,23). The Kier molecular flexibility index (Phi) is 4.63. The van der Waals surface area contributed by atoms with Crippen molar-refractivity contribution in [1.82, 2.24) is 4.98 Å². The Bertz CT molecular complexity index is 854. The number of nitrogens with two attached hydrogens (primary N) is 1. The monoisotopic (exact) mass is 327 g/mol. The first-order valence-electron chi connectivity index (χ1n) is 6.67. The van der Waals surface area contributed by atoms with Gasteiger partial charge in [0.1, 0.15) is 16.9 Å². The molecule has 0 atom stereocenters. The number of nitriles is 1. The summed E-state index contributed by atoms with van der Waals surface area (Å²) >= 11 is 5.88. The van der Waals surface area contributed by atoms with E-state index in [-0.39, 0.29) is 16.4 Å². The lowest BCUT2D eigenvalue weighted by Crippen LogP contribution is -2.16. The number of carbonyl (C=O) groups is 1. The van der Waals surface area contributed by atoms with Gasteiger partial charge in [0.25, 0.3) is 5.91 Å². The highest BCUT2D eigenvalue weighted by Gasteiger charge is 2.15. The van der Waals surface area contributed by atoms with Crippen molar-refractivity contribution in [1.29, 1.82) is 10.7 Å². The van der Waals surface area contributed by atoms with E-state index in [0.29, 0.717) is 28.2 Å². The molecule has 0 unspecified atom stereocenters. The number of benzene rings is 1. The second-order valence-electron chi connectivity index (χ2n) is 4.99. The van der Waals surface area contributed by atoms with Crippen LogP contribution >= 0.6 is 11.6 Å². The fourth-order valence-corrected chi connectivity index (χ4v) is 2.23. The zero-order valence-electron chi connectivity index (χ0n) is 12.6. The molecule has 0 aliphatic carbocycles. The minimum absolute atomic E-state index is 0.0171. The SMILES string of the molecule is CC(=N)c1cc(NC(=O)c2nc(Cl)c(C#N)cc2C)ccc1N. The van der Waals surface area contributed by atoms with Crippen molar-refractivity contribution >= 4 is 34.6 Å². The summed E-state index contributed by atoms with van der Waals surface area (Å²) in [4.78, 5) is 16.3. The van der Waals surface area contributed by atoms with Gasteiger partial charge in [-0.2, -0.15) is 5.26 Å². The highest BCUT2D eigenvalue weighted by molar-refractivity contribution is 6.30. The summed E-state index contributed by atoms with van der Waals surface area (Å²) in [7, 11) is 0. The molecule has 0 radical (unpaired) electrons. The normalized spacial score (nSPS) is 10.0. The molecule has 0 saturated heterocycles. The molecule has 1 heterocycles. The number of hydrogen-bond donors (Lipinski definition) is 3. The Morgan fingerprint density at radius 2 is 2.13 bits per heavy atom. The highest BCUT2D eigenvalue weighted by atomic mass is 35.5. The van der Waals surface area contributed by atoms with Gasteiger partial charge in [0.2, 0.25) is 0 Å². The van der Waals surface area contributed by atoms with Gasteiger partial charge in [-0.05, 0) is 43.7 Å². The quantitative estimate of drug-likeness (QED) is 0.456. The topological polar surface area (TPSA) is 116 Å². The van der Waals surface area contributed by atoms with Gasteiger partial charge in [0, 0.05) is 22.6 Å². The summed E-state index contributed by atoms with van der Waals surface area (Å²) < 4.78 is 0. The number of aromatic nitrogens is 1. The third-order valence-corrected chi connectivity index (χ3v) is 3.51. The first kappa shape index (κ1) is 16.5. The lowest BCUT2D eigenvalue weighted by Gasteiger charge is -2.10. The van der Waals surface area contributed by atoms with Gasteiger partial charge < -0.3 is 16.5 Å². The number of halogens is 1. The molecule has 6 nitrogen and oxygen atoms in total. The number of carbonyl (C=O) groups excluding carboxylic acids is 1. The highest BCUT2D eigenvalue weighted by Crippen LogP contribution is 2.21. The number of aryl methyl sites for hydroxylation is 1. The van der Waals surface area contributed by atoms with E-state index >= 15 is 0 Å². The van der Waals surface area contributed by atoms with Crippen LogP contribution in [0.5, 0.6) is 0 Å². The molecule has 7 heteroatoms. The smallest absolute Gasteiger partial charge is 0.274 e. The van der Waals surface area contributed by atoms with E-state index in [1.165, 1.54) is 6.07 Å². The Labute approximate surface area is 138 Å². The summed E-state index contributed by atoms with van der Waals surface area (Å²) in [5.74, 6) is -0.452. The zero-order valence-corrected chi connectivity index (χ0v) is 13.3. The van der Waals surface area contributed by atoms with Crippen molar-refractivity contribution < 1.29 is 4.79 Å². The minimum atomic E-state index is -0.452. The maximum absolute atomic E-state index is 12.4. The number of anilines is 2. The lowest BCUT2D eigenvalue weighted by molar-refractivity contribution is 0.102. The molecule has 1 amide bonds. The van der Waals surface area contributed by atoms with Crippen LogP contribution in [0.25, 0.3) is 0 Å². The summed E-state index contributed by atoms with van der Waals surface area (Å²) in [5, 5.41) is 19.3. The average molecular weight is 328 g/mol. The van der Waals surface area contributed by atoms with E-state index in [0.717, 1.165) is 0 Å². The van der Waals surface area contributed by atoms with Crippen LogP contribution in [0.3, 0.4) is 0 Å². The number of hydrogen-bond acceptors (Lipinski definition) is 5. The van der Waals surface area contributed by atoms with E-state index in [2.05, 4.69) is 10.3 Å². The van der Waals surface area contributed by atoms with Crippen LogP contribution in [0.15, 0.2) is 24.3 Å². The molecule has 0 saturated carbocycles. The van der Waals surface area contributed by atoms with Gasteiger partial charge in [-0.15, -0.1) is 0 Å². The second-order valence-corrected chi connectivity index (χ2v) is 5.34. The zero-order chi connectivity index (χ0) is 17.1. The summed E-state index contributed by atoms with van der Waals surface area (Å²) in [6.45, 7) is 3.29. The Morgan fingerprint density at radius 3 is 2.74 bits per heavy atom. The molecular formula is C16H14ClN5O. The largest absolute Gasteiger partial charge is 0.398 e. The molecular weight excluding hydrogens is 314 g/mol. The number of nitrogen functional groups attached to an aromatic ring is 1. The molecule has 0 spiro atoms. The van der Waals surface area contributed by atoms with Crippen LogP contribution in [0.1, 0.15) is 34.1 Å². The van der Waals surface area contributed by atoms with Crippen molar-refractivity contribution in [2.45, 2.75) is 13.8 Å². The Morgan fingerprint density at radius 1 is 1.43 bits per heavy atom. The third-order valence-electron chi connectivity index (χ3n) is 3.22. The van der Waals surface area contributed by atoms with E-state index in [1.807, 2.05) is 6.07 Å². The van der Waals surface area contributed by atoms with E-state index in [9.17, 15) is 4.79 Å². The second kappa shape index (κ2) is 6.46. The molecule has 1 aromatic carbocycles. The summed E-state index contributed by atoms with van der Waals surface area (Å²) in [5.41, 5.74) is 8.50. The number of nitrogens with one attached hydrogen (secondary N) is 2. The van der Waals surface area contributed by atoms with Gasteiger partial charge in [0.15, 0.2) is 0 Å². The minimum Gasteiger partial charge on any atom is -0.398 e. The van der Waals surface area contributed by atoms with Gasteiger partial charge in [-0.1, -0.05) is 11.6 Å². The van der Waals surface area contributed by atoms with Crippen LogP contribution in [0, 0.1) is 23.7 Å². The molecule has 4 N–H and O–H groups in total. The van der Waals surface area contributed by atoms with Crippen molar-refractivity contribution in [2.24, 2.45) is 0 Å². The lowest BCUT2D eigenvalue weighted by atomic mass is 10.1. The summed E-state index contributed by atoms with van der Waals surface area (Å²) in [6, 6.07) is 8.31. The fourth-order valence-electron chi connectivity index (χ4n) is 2.05. The van der Waals surface area contributed by atoms with Crippen molar-refractivity contribution in [2.75, 3.05) is 11.1 Å². The number of nitrogens with zero attached hydrogens (tertiary/aromatic N) is 2. The molecule has 0 aliphatic heterocycles. The van der Waals surface area contributed by atoms with Crippen molar-refractivity contribution in [3.8, 4) is 6.07 Å². The fraction of sp³-hybridized carbons (Fsp3) is 0.125. The van der Waals surface area contributed by atoms with Crippen molar-refractivity contribution in [3.63, 3.8) is 0 Å². The van der Waals surface area contributed by atoms with E-state index in [4.69, 9.17) is 28.0 Å². The van der Waals surface area contributed by atoms with E-state index < -0.39 is 5.91 Å². The number of pyridine rings is 1. The molecule has 2 aromatic rings. The van der Waals surface area contributed by atoms with Crippen LogP contribution in [-0.4, -0.2) is 16.6 Å². The molecule has 0 aliphatic rings. The van der Waals surface area contributed by atoms with Crippen LogP contribution in [0.4, 0.5) is 11.4 Å². The first-order chi connectivity index (χ1) is 10.8. The Balaban J connectivity index is 2.33. The maximum atomic E-state index is 12.4. The maximum Gasteiger partial charge on any atom is 0.274 e. The molecule has 0 fully saturated rings. The number of rotatable bonds is 3. The molecule has 2 rings (SSSR count). The van der Waals surface area contributed by atoms with Crippen molar-refractivity contribution in [3.05, 3.63) is 51.8 Å². The van der Waals surface area contributed by atoms with Crippen LogP contribution < -0.4 is 11.1 Å². The molecule has 23 heavy (non-hydrogen) atoms. The molecule has 116 valence electrons. The molecule has 0 bridgehead atoms. The third kappa shape index (κ3) is 3.47. The van der Waals surface area contributed by atoms with Gasteiger partial charge >= 0.3 is 0 Å². The Hall–Kier alpha value is -2.91. The summed E-state index contributed by atoms with van der Waals surface area (Å²) in [6.07, 6.45) is 0. The predicted octanol–water partition coefficient (Wildman–Crippen LogP) is 3.14. The van der Waals surface area contributed by atoms with Gasteiger partial charge in [0.05, 0.1) is 5.56 Å². The van der Waals surface area contributed by atoms with Crippen LogP contribution in [-0.2, 0) is 0 Å². The molecule has 1 aromatic heterocycles. The first-order valence-corrected chi connectivity index (χ1v) is 7.05. The average Bonchev–Trinajstić information content (AvgIpc) is 2.50. The van der Waals surface area contributed by atoms with E-state index in [1.54, 1.807) is 32.0 Å².